The van der Waals surface area contributed by atoms with Crippen LogP contribution in [-0.4, -0.2) is 10.1 Å². The van der Waals surface area contributed by atoms with Crippen molar-refractivity contribution in [3.63, 3.8) is 0 Å². The Labute approximate surface area is 126 Å². The molecule has 0 radical (unpaired) electrons. The minimum Gasteiger partial charge on any atom is -0.392 e. The van der Waals surface area contributed by atoms with Crippen molar-refractivity contribution in [1.29, 1.82) is 0 Å². The van der Waals surface area contributed by atoms with E-state index >= 15 is 0 Å². The van der Waals surface area contributed by atoms with Crippen LogP contribution in [0.25, 0.3) is 10.9 Å². The van der Waals surface area contributed by atoms with Crippen LogP contribution < -0.4 is 0 Å². The predicted molar refractivity (Wildman–Crippen MR) is 83.2 cm³/mol. The second-order valence-corrected chi connectivity index (χ2v) is 5.86. The third-order valence-electron chi connectivity index (χ3n) is 2.94. The van der Waals surface area contributed by atoms with Gasteiger partial charge in [0.1, 0.15) is 5.03 Å². The molecule has 4 heteroatoms. The Morgan fingerprint density at radius 1 is 1.05 bits per heavy atom. The van der Waals surface area contributed by atoms with Crippen molar-refractivity contribution in [3.8, 4) is 0 Å². The zero-order chi connectivity index (χ0) is 13.9. The Bertz CT molecular complexity index is 760. The number of rotatable bonds is 3. The minimum absolute atomic E-state index is 0.0271. The van der Waals surface area contributed by atoms with E-state index in [4.69, 9.17) is 11.6 Å². The summed E-state index contributed by atoms with van der Waals surface area (Å²) in [6.07, 6.45) is 0. The monoisotopic (exact) mass is 301 g/mol. The summed E-state index contributed by atoms with van der Waals surface area (Å²) in [6, 6.07) is 17.5. The lowest BCUT2D eigenvalue weighted by atomic mass is 10.2. The summed E-state index contributed by atoms with van der Waals surface area (Å²) in [7, 11) is 0. The van der Waals surface area contributed by atoms with Gasteiger partial charge in [-0.3, -0.25) is 0 Å². The maximum absolute atomic E-state index is 9.53. The van der Waals surface area contributed by atoms with Crippen LogP contribution in [0.3, 0.4) is 0 Å². The van der Waals surface area contributed by atoms with Crippen molar-refractivity contribution < 1.29 is 5.11 Å². The van der Waals surface area contributed by atoms with E-state index in [1.165, 1.54) is 11.8 Å². The summed E-state index contributed by atoms with van der Waals surface area (Å²) < 4.78 is 0. The van der Waals surface area contributed by atoms with E-state index < -0.39 is 0 Å². The van der Waals surface area contributed by atoms with Gasteiger partial charge in [-0.25, -0.2) is 4.98 Å². The number of aromatic nitrogens is 1. The summed E-state index contributed by atoms with van der Waals surface area (Å²) in [5, 5.41) is 12.1. The summed E-state index contributed by atoms with van der Waals surface area (Å²) >= 11 is 7.51. The van der Waals surface area contributed by atoms with Crippen molar-refractivity contribution in [3.05, 3.63) is 65.2 Å². The van der Waals surface area contributed by atoms with E-state index in [-0.39, 0.29) is 6.61 Å². The molecule has 1 heterocycles. The molecule has 0 aliphatic rings. The molecule has 0 unspecified atom stereocenters. The summed E-state index contributed by atoms with van der Waals surface area (Å²) in [6.45, 7) is -0.0271. The van der Waals surface area contributed by atoms with Gasteiger partial charge in [-0.1, -0.05) is 47.6 Å². The largest absolute Gasteiger partial charge is 0.392 e. The third-order valence-corrected chi connectivity index (χ3v) is 4.22. The maximum Gasteiger partial charge on any atom is 0.107 e. The maximum atomic E-state index is 9.53. The predicted octanol–water partition coefficient (Wildman–Crippen LogP) is 4.53. The lowest BCUT2D eigenvalue weighted by Gasteiger charge is -2.08. The molecule has 0 saturated heterocycles. The molecular formula is C16H12ClNOS. The number of nitrogens with zero attached hydrogens (tertiary/aromatic N) is 1. The molecule has 100 valence electrons. The van der Waals surface area contributed by atoms with Gasteiger partial charge in [0.15, 0.2) is 0 Å². The number of pyridine rings is 1. The molecule has 0 fully saturated rings. The van der Waals surface area contributed by atoms with Gasteiger partial charge < -0.3 is 5.11 Å². The first-order valence-electron chi connectivity index (χ1n) is 6.19. The molecular weight excluding hydrogens is 290 g/mol. The topological polar surface area (TPSA) is 33.1 Å². The smallest absolute Gasteiger partial charge is 0.107 e. The lowest BCUT2D eigenvalue weighted by molar-refractivity contribution is 0.278. The zero-order valence-electron chi connectivity index (χ0n) is 10.6. The van der Waals surface area contributed by atoms with E-state index in [0.717, 1.165) is 26.4 Å². The second kappa shape index (κ2) is 5.83. The first-order chi connectivity index (χ1) is 9.76. The van der Waals surface area contributed by atoms with Crippen molar-refractivity contribution in [2.24, 2.45) is 0 Å². The molecule has 0 atom stereocenters. The van der Waals surface area contributed by atoms with Crippen LogP contribution >= 0.6 is 23.4 Å². The van der Waals surface area contributed by atoms with Crippen LogP contribution in [0.5, 0.6) is 0 Å². The Balaban J connectivity index is 2.05. The molecule has 1 N–H and O–H groups in total. The van der Waals surface area contributed by atoms with E-state index in [0.29, 0.717) is 5.02 Å². The van der Waals surface area contributed by atoms with Gasteiger partial charge >= 0.3 is 0 Å². The quantitative estimate of drug-likeness (QED) is 0.771. The van der Waals surface area contributed by atoms with Crippen LogP contribution in [0.1, 0.15) is 5.56 Å². The molecule has 1 aromatic heterocycles. The molecule has 0 aliphatic carbocycles. The molecule has 0 spiro atoms. The van der Waals surface area contributed by atoms with E-state index in [9.17, 15) is 5.11 Å². The van der Waals surface area contributed by atoms with Crippen molar-refractivity contribution in [2.75, 3.05) is 0 Å². The average molecular weight is 302 g/mol. The van der Waals surface area contributed by atoms with Crippen LogP contribution in [0, 0.1) is 0 Å². The fourth-order valence-corrected chi connectivity index (χ4v) is 3.20. The summed E-state index contributed by atoms with van der Waals surface area (Å²) in [4.78, 5) is 5.64. The zero-order valence-corrected chi connectivity index (χ0v) is 12.2. The Morgan fingerprint density at radius 3 is 2.70 bits per heavy atom. The van der Waals surface area contributed by atoms with Gasteiger partial charge in [-0.15, -0.1) is 0 Å². The van der Waals surface area contributed by atoms with E-state index in [1.807, 2.05) is 54.6 Å². The fraction of sp³-hybridized carbons (Fsp3) is 0.0625. The second-order valence-electron chi connectivity index (χ2n) is 4.36. The number of aliphatic hydroxyl groups is 1. The lowest BCUT2D eigenvalue weighted by Crippen LogP contribution is -1.92. The summed E-state index contributed by atoms with van der Waals surface area (Å²) in [5.41, 5.74) is 1.75. The van der Waals surface area contributed by atoms with Gasteiger partial charge in [0.2, 0.25) is 0 Å². The van der Waals surface area contributed by atoms with Crippen LogP contribution in [0.4, 0.5) is 0 Å². The first-order valence-corrected chi connectivity index (χ1v) is 7.38. The number of aliphatic hydroxyl groups excluding tert-OH is 1. The van der Waals surface area contributed by atoms with Gasteiger partial charge in [0, 0.05) is 20.9 Å². The molecule has 3 aromatic rings. The molecule has 0 bridgehead atoms. The molecule has 0 saturated carbocycles. The highest BCUT2D eigenvalue weighted by Crippen LogP contribution is 2.32. The van der Waals surface area contributed by atoms with Gasteiger partial charge in [0.05, 0.1) is 12.1 Å². The number of halogens is 1. The standard InChI is InChI=1S/C16H12ClNOS/c17-13-5-3-6-14(9-13)20-16-12(10-19)8-11-4-1-2-7-15(11)18-16/h1-9,19H,10H2. The van der Waals surface area contributed by atoms with E-state index in [2.05, 4.69) is 4.98 Å². The Morgan fingerprint density at radius 2 is 1.90 bits per heavy atom. The summed E-state index contributed by atoms with van der Waals surface area (Å²) in [5.74, 6) is 0. The normalized spacial score (nSPS) is 10.9. The molecule has 2 aromatic carbocycles. The molecule has 0 aliphatic heterocycles. The van der Waals surface area contributed by atoms with Crippen molar-refractivity contribution >= 4 is 34.3 Å². The highest BCUT2D eigenvalue weighted by molar-refractivity contribution is 7.99. The van der Waals surface area contributed by atoms with Crippen molar-refractivity contribution in [2.45, 2.75) is 16.5 Å². The Hall–Kier alpha value is -1.55. The number of fused-ring (bicyclic) bond motifs is 1. The van der Waals surface area contributed by atoms with Crippen LogP contribution in [-0.2, 0) is 6.61 Å². The van der Waals surface area contributed by atoms with Crippen molar-refractivity contribution in [1.82, 2.24) is 4.98 Å². The minimum atomic E-state index is -0.0271. The SMILES string of the molecule is OCc1cc2ccccc2nc1Sc1cccc(Cl)c1. The van der Waals surface area contributed by atoms with Crippen LogP contribution in [0.2, 0.25) is 5.02 Å². The van der Waals surface area contributed by atoms with Crippen LogP contribution in [0.15, 0.2) is 64.5 Å². The van der Waals surface area contributed by atoms with Gasteiger partial charge in [-0.05, 0) is 30.3 Å². The van der Waals surface area contributed by atoms with Gasteiger partial charge in [-0.2, -0.15) is 0 Å². The highest BCUT2D eigenvalue weighted by atomic mass is 35.5. The number of hydrogen-bond acceptors (Lipinski definition) is 3. The number of para-hydroxylation sites is 1. The molecule has 0 amide bonds. The molecule has 3 rings (SSSR count). The Kier molecular flexibility index (Phi) is 3.92. The third kappa shape index (κ3) is 2.80. The fourth-order valence-electron chi connectivity index (χ4n) is 1.99. The molecule has 20 heavy (non-hydrogen) atoms. The number of hydrogen-bond donors (Lipinski definition) is 1. The van der Waals surface area contributed by atoms with Gasteiger partial charge in [0.25, 0.3) is 0 Å². The highest BCUT2D eigenvalue weighted by Gasteiger charge is 2.08. The number of benzene rings is 2. The van der Waals surface area contributed by atoms with E-state index in [1.54, 1.807) is 0 Å². The first kappa shape index (κ1) is 13.4. The average Bonchev–Trinajstić information content (AvgIpc) is 2.46. The molecule has 2 nitrogen and oxygen atoms in total.